The average molecular weight is 310 g/mol. The molecule has 1 aliphatic rings. The van der Waals surface area contributed by atoms with E-state index in [2.05, 4.69) is 5.32 Å². The molecule has 0 radical (unpaired) electrons. The van der Waals surface area contributed by atoms with E-state index < -0.39 is 9.84 Å². The summed E-state index contributed by atoms with van der Waals surface area (Å²) in [6, 6.07) is 7.60. The van der Waals surface area contributed by atoms with Gasteiger partial charge >= 0.3 is 0 Å². The minimum absolute atomic E-state index is 0.0157. The number of hydrogen-bond donors (Lipinski definition) is 1. The Morgan fingerprint density at radius 1 is 1.29 bits per heavy atom. The highest BCUT2D eigenvalue weighted by Gasteiger charge is 2.24. The molecule has 1 aromatic carbocycles. The molecule has 6 heteroatoms. The number of rotatable bonds is 4. The van der Waals surface area contributed by atoms with Crippen LogP contribution in [-0.4, -0.2) is 50.9 Å². The van der Waals surface area contributed by atoms with Gasteiger partial charge in [0.15, 0.2) is 9.84 Å². The zero-order chi connectivity index (χ0) is 15.5. The van der Waals surface area contributed by atoms with Crippen LogP contribution in [0.4, 0.5) is 5.69 Å². The third kappa shape index (κ3) is 4.74. The second-order valence-electron chi connectivity index (χ2n) is 5.76. The molecule has 2 rings (SSSR count). The van der Waals surface area contributed by atoms with E-state index in [1.165, 1.54) is 0 Å². The molecule has 1 N–H and O–H groups in total. The molecule has 21 heavy (non-hydrogen) atoms. The molecular weight excluding hydrogens is 288 g/mol. The Bertz CT molecular complexity index is 594. The number of amides is 1. The number of hydrogen-bond acceptors (Lipinski definition) is 4. The fourth-order valence-electron chi connectivity index (χ4n) is 2.42. The van der Waals surface area contributed by atoms with Crippen molar-refractivity contribution in [2.45, 2.75) is 25.3 Å². The number of anilines is 1. The molecule has 1 unspecified atom stereocenters. The van der Waals surface area contributed by atoms with E-state index in [1.807, 2.05) is 24.3 Å². The molecule has 0 saturated carbocycles. The minimum atomic E-state index is -2.90. The zero-order valence-corrected chi connectivity index (χ0v) is 13.3. The molecular formula is C15H22N2O3S. The molecule has 1 heterocycles. The van der Waals surface area contributed by atoms with Crippen molar-refractivity contribution in [1.29, 1.82) is 0 Å². The summed E-state index contributed by atoms with van der Waals surface area (Å²) in [6.45, 7) is 0. The number of nitrogens with one attached hydrogen (secondary N) is 1. The van der Waals surface area contributed by atoms with Crippen LogP contribution in [0.25, 0.3) is 0 Å². The monoisotopic (exact) mass is 310 g/mol. The Morgan fingerprint density at radius 3 is 2.52 bits per heavy atom. The van der Waals surface area contributed by atoms with Gasteiger partial charge in [-0.3, -0.25) is 4.79 Å². The Morgan fingerprint density at radius 2 is 1.95 bits per heavy atom. The summed E-state index contributed by atoms with van der Waals surface area (Å²) < 4.78 is 23.2. The lowest BCUT2D eigenvalue weighted by molar-refractivity contribution is -0.127. The molecule has 1 saturated heterocycles. The van der Waals surface area contributed by atoms with Gasteiger partial charge in [-0.15, -0.1) is 0 Å². The van der Waals surface area contributed by atoms with Gasteiger partial charge in [0.1, 0.15) is 0 Å². The smallest absolute Gasteiger partial charge is 0.226 e. The zero-order valence-electron chi connectivity index (χ0n) is 12.5. The lowest BCUT2D eigenvalue weighted by atomic mass is 10.1. The topological polar surface area (TPSA) is 66.5 Å². The van der Waals surface area contributed by atoms with Gasteiger partial charge in [0.05, 0.1) is 17.9 Å². The maximum absolute atomic E-state index is 11.6. The van der Waals surface area contributed by atoms with Gasteiger partial charge in [0.2, 0.25) is 5.91 Å². The standard InChI is InChI=1S/C15H22N2O3S/c1-17(2)15(18)10-12-5-7-13(8-6-12)16-14-4-3-9-21(19,20)11-14/h5-8,14,16H,3-4,9-11H2,1-2H3. The van der Waals surface area contributed by atoms with Gasteiger partial charge < -0.3 is 10.2 Å². The van der Waals surface area contributed by atoms with Crippen LogP contribution in [0.15, 0.2) is 24.3 Å². The summed E-state index contributed by atoms with van der Waals surface area (Å²) in [5, 5.41) is 3.27. The van der Waals surface area contributed by atoms with Crippen LogP contribution in [-0.2, 0) is 21.1 Å². The summed E-state index contributed by atoms with van der Waals surface area (Å²) in [4.78, 5) is 13.2. The van der Waals surface area contributed by atoms with Crippen LogP contribution >= 0.6 is 0 Å². The average Bonchev–Trinajstić information content (AvgIpc) is 2.39. The van der Waals surface area contributed by atoms with Crippen molar-refractivity contribution < 1.29 is 13.2 Å². The van der Waals surface area contributed by atoms with Gasteiger partial charge in [-0.05, 0) is 30.5 Å². The number of benzene rings is 1. The van der Waals surface area contributed by atoms with Crippen LogP contribution in [0.5, 0.6) is 0 Å². The predicted molar refractivity (Wildman–Crippen MR) is 84.1 cm³/mol. The van der Waals surface area contributed by atoms with Crippen molar-refractivity contribution >= 4 is 21.4 Å². The summed E-state index contributed by atoms with van der Waals surface area (Å²) in [6.07, 6.45) is 1.97. The lowest BCUT2D eigenvalue weighted by Gasteiger charge is -2.24. The van der Waals surface area contributed by atoms with E-state index >= 15 is 0 Å². The molecule has 1 amide bonds. The van der Waals surface area contributed by atoms with Crippen molar-refractivity contribution in [1.82, 2.24) is 4.90 Å². The SMILES string of the molecule is CN(C)C(=O)Cc1ccc(NC2CCCS(=O)(=O)C2)cc1. The molecule has 1 aliphatic heterocycles. The highest BCUT2D eigenvalue weighted by Crippen LogP contribution is 2.18. The first-order valence-corrected chi connectivity index (χ1v) is 8.94. The quantitative estimate of drug-likeness (QED) is 0.910. The molecule has 0 aromatic heterocycles. The normalized spacial score (nSPS) is 20.8. The van der Waals surface area contributed by atoms with Gasteiger partial charge in [-0.25, -0.2) is 8.42 Å². The largest absolute Gasteiger partial charge is 0.381 e. The Labute approximate surface area is 126 Å². The van der Waals surface area contributed by atoms with E-state index in [0.717, 1.165) is 24.1 Å². The number of nitrogens with zero attached hydrogens (tertiary/aromatic N) is 1. The fourth-order valence-corrected chi connectivity index (χ4v) is 4.06. The predicted octanol–water partition coefficient (Wildman–Crippen LogP) is 1.31. The summed E-state index contributed by atoms with van der Waals surface area (Å²) in [7, 11) is 0.577. The second kappa shape index (κ2) is 6.47. The van der Waals surface area contributed by atoms with Crippen LogP contribution in [0.2, 0.25) is 0 Å². The van der Waals surface area contributed by atoms with E-state index in [-0.39, 0.29) is 17.7 Å². The van der Waals surface area contributed by atoms with Gasteiger partial charge in [-0.1, -0.05) is 12.1 Å². The Kier molecular flexibility index (Phi) is 4.88. The molecule has 0 bridgehead atoms. The number of sulfone groups is 1. The maximum Gasteiger partial charge on any atom is 0.226 e. The molecule has 1 fully saturated rings. The third-order valence-corrected chi connectivity index (χ3v) is 5.46. The van der Waals surface area contributed by atoms with Gasteiger partial charge in [-0.2, -0.15) is 0 Å². The summed E-state index contributed by atoms with van der Waals surface area (Å²) in [5.41, 5.74) is 1.86. The van der Waals surface area contributed by atoms with Gasteiger partial charge in [0, 0.05) is 25.8 Å². The Balaban J connectivity index is 1.95. The third-order valence-electron chi connectivity index (χ3n) is 3.64. The summed E-state index contributed by atoms with van der Waals surface area (Å²) in [5.74, 6) is 0.569. The minimum Gasteiger partial charge on any atom is -0.381 e. The van der Waals surface area contributed by atoms with E-state index in [0.29, 0.717) is 12.2 Å². The molecule has 1 atom stereocenters. The molecule has 0 aliphatic carbocycles. The van der Waals surface area contributed by atoms with Crippen LogP contribution in [0, 0.1) is 0 Å². The second-order valence-corrected chi connectivity index (χ2v) is 7.99. The van der Waals surface area contributed by atoms with Crippen molar-refractivity contribution in [3.8, 4) is 0 Å². The summed E-state index contributed by atoms with van der Waals surface area (Å²) >= 11 is 0. The maximum atomic E-state index is 11.6. The Hall–Kier alpha value is -1.56. The highest BCUT2D eigenvalue weighted by atomic mass is 32.2. The first kappa shape index (κ1) is 15.8. The van der Waals surface area contributed by atoms with E-state index in [9.17, 15) is 13.2 Å². The number of likely N-dealkylation sites (N-methyl/N-ethyl adjacent to an activating group) is 1. The van der Waals surface area contributed by atoms with Crippen molar-refractivity contribution in [2.75, 3.05) is 30.9 Å². The van der Waals surface area contributed by atoms with Crippen molar-refractivity contribution in [2.24, 2.45) is 0 Å². The van der Waals surface area contributed by atoms with Gasteiger partial charge in [0.25, 0.3) is 0 Å². The first-order valence-electron chi connectivity index (χ1n) is 7.12. The van der Waals surface area contributed by atoms with Crippen LogP contribution in [0.1, 0.15) is 18.4 Å². The van der Waals surface area contributed by atoms with Crippen molar-refractivity contribution in [3.63, 3.8) is 0 Å². The van der Waals surface area contributed by atoms with Crippen molar-refractivity contribution in [3.05, 3.63) is 29.8 Å². The first-order chi connectivity index (χ1) is 9.85. The molecule has 1 aromatic rings. The molecule has 0 spiro atoms. The van der Waals surface area contributed by atoms with Crippen LogP contribution < -0.4 is 5.32 Å². The van der Waals surface area contributed by atoms with E-state index in [4.69, 9.17) is 0 Å². The lowest BCUT2D eigenvalue weighted by Crippen LogP contribution is -2.34. The molecule has 5 nitrogen and oxygen atoms in total. The number of carbonyl (C=O) groups is 1. The molecule has 116 valence electrons. The van der Waals surface area contributed by atoms with Crippen LogP contribution in [0.3, 0.4) is 0 Å². The number of carbonyl (C=O) groups excluding carboxylic acids is 1. The highest BCUT2D eigenvalue weighted by molar-refractivity contribution is 7.91. The van der Waals surface area contributed by atoms with E-state index in [1.54, 1.807) is 19.0 Å². The fraction of sp³-hybridized carbons (Fsp3) is 0.533.